The van der Waals surface area contributed by atoms with Gasteiger partial charge < -0.3 is 14.4 Å². The Balaban J connectivity index is 2.26. The van der Waals surface area contributed by atoms with E-state index in [1.807, 2.05) is 0 Å². The fourth-order valence-electron chi connectivity index (χ4n) is 1.21. The van der Waals surface area contributed by atoms with Crippen molar-refractivity contribution in [2.75, 3.05) is 13.2 Å². The number of nitrogens with zero attached hydrogens (tertiary/aromatic N) is 2. The molecule has 0 fully saturated rings. The molecule has 0 radical (unpaired) electrons. The molecule has 1 atom stereocenters. The molecule has 0 aromatic carbocycles. The van der Waals surface area contributed by atoms with Crippen molar-refractivity contribution in [1.29, 1.82) is 0 Å². The average Bonchev–Trinajstić information content (AvgIpc) is 2.57. The Morgan fingerprint density at radius 3 is 2.75 bits per heavy atom. The zero-order chi connectivity index (χ0) is 12.2. The third kappa shape index (κ3) is 4.19. The van der Waals surface area contributed by atoms with E-state index in [9.17, 15) is 18.3 Å². The first kappa shape index (κ1) is 13.0. The smallest absolute Gasteiger partial charge is 0.385 e. The van der Waals surface area contributed by atoms with Crippen LogP contribution < -0.4 is 0 Å². The highest BCUT2D eigenvalue weighted by molar-refractivity contribution is 4.95. The summed E-state index contributed by atoms with van der Waals surface area (Å²) in [7, 11) is 1.70. The summed E-state index contributed by atoms with van der Waals surface area (Å²) >= 11 is 0. The van der Waals surface area contributed by atoms with Crippen LogP contribution in [0.25, 0.3) is 0 Å². The van der Waals surface area contributed by atoms with Crippen LogP contribution in [0.3, 0.4) is 0 Å². The Labute approximate surface area is 90.7 Å². The number of halogens is 3. The van der Waals surface area contributed by atoms with Crippen LogP contribution in [0.15, 0.2) is 12.4 Å². The Morgan fingerprint density at radius 1 is 1.56 bits per heavy atom. The van der Waals surface area contributed by atoms with E-state index in [1.165, 1.54) is 6.20 Å². The summed E-state index contributed by atoms with van der Waals surface area (Å²) in [5.74, 6) is 0.413. The number of aliphatic hydroxyl groups excluding tert-OH is 1. The number of hydrogen-bond acceptors (Lipinski definition) is 3. The zero-order valence-electron chi connectivity index (χ0n) is 8.74. The van der Waals surface area contributed by atoms with E-state index in [4.69, 9.17) is 0 Å². The van der Waals surface area contributed by atoms with Gasteiger partial charge in [-0.1, -0.05) is 0 Å². The van der Waals surface area contributed by atoms with E-state index >= 15 is 0 Å². The lowest BCUT2D eigenvalue weighted by Crippen LogP contribution is -2.18. The van der Waals surface area contributed by atoms with Crippen LogP contribution in [0, 0.1) is 0 Å². The monoisotopic (exact) mass is 238 g/mol. The van der Waals surface area contributed by atoms with Gasteiger partial charge in [0.15, 0.2) is 0 Å². The molecule has 1 heterocycles. The molecule has 0 aliphatic carbocycles. The van der Waals surface area contributed by atoms with Gasteiger partial charge in [-0.3, -0.25) is 0 Å². The second kappa shape index (κ2) is 5.31. The third-order valence-electron chi connectivity index (χ3n) is 1.96. The van der Waals surface area contributed by atoms with Gasteiger partial charge in [0, 0.05) is 32.5 Å². The molecule has 1 aromatic heterocycles. The summed E-state index contributed by atoms with van der Waals surface area (Å²) in [6.07, 6.45) is -1.99. The summed E-state index contributed by atoms with van der Waals surface area (Å²) in [6.45, 7) is -1.45. The van der Waals surface area contributed by atoms with E-state index in [0.29, 0.717) is 5.82 Å². The second-order valence-corrected chi connectivity index (χ2v) is 3.37. The molecule has 0 aliphatic heterocycles. The van der Waals surface area contributed by atoms with Gasteiger partial charge in [-0.05, 0) is 0 Å². The maximum absolute atomic E-state index is 11.7. The molecule has 0 aliphatic rings. The minimum Gasteiger partial charge on any atom is -0.385 e. The lowest BCUT2D eigenvalue weighted by Gasteiger charge is -2.11. The molecule has 0 saturated carbocycles. The van der Waals surface area contributed by atoms with Gasteiger partial charge in [-0.2, -0.15) is 13.2 Å². The molecule has 1 unspecified atom stereocenters. The van der Waals surface area contributed by atoms with Crippen molar-refractivity contribution in [3.05, 3.63) is 18.2 Å². The summed E-state index contributed by atoms with van der Waals surface area (Å²) in [5, 5.41) is 9.58. The van der Waals surface area contributed by atoms with E-state index in [2.05, 4.69) is 9.72 Å². The maximum atomic E-state index is 11.7. The Bertz CT molecular complexity index is 325. The van der Waals surface area contributed by atoms with Crippen molar-refractivity contribution < 1.29 is 23.0 Å². The highest BCUT2D eigenvalue weighted by Gasteiger charge is 2.27. The van der Waals surface area contributed by atoms with Crippen molar-refractivity contribution >= 4 is 0 Å². The fraction of sp³-hybridized carbons (Fsp3) is 0.667. The van der Waals surface area contributed by atoms with E-state index in [-0.39, 0.29) is 13.0 Å². The number of aliphatic hydroxyl groups is 1. The molecule has 0 spiro atoms. The van der Waals surface area contributed by atoms with Crippen LogP contribution >= 0.6 is 0 Å². The molecule has 0 amide bonds. The standard InChI is InChI=1S/C9H13F3N2O2/c1-14-4-3-13-8(14)7(15)2-5-16-6-9(10,11)12/h3-4,7,15H,2,5-6H2,1H3. The quantitative estimate of drug-likeness (QED) is 0.789. The number of rotatable bonds is 5. The van der Waals surface area contributed by atoms with Crippen LogP contribution in [0.4, 0.5) is 13.2 Å². The lowest BCUT2D eigenvalue weighted by molar-refractivity contribution is -0.175. The molecule has 7 heteroatoms. The SMILES string of the molecule is Cn1ccnc1C(O)CCOCC(F)(F)F. The predicted octanol–water partition coefficient (Wildman–Crippen LogP) is 1.42. The molecular weight excluding hydrogens is 225 g/mol. The van der Waals surface area contributed by atoms with Crippen molar-refractivity contribution in [3.8, 4) is 0 Å². The molecule has 0 saturated heterocycles. The summed E-state index contributed by atoms with van der Waals surface area (Å²) in [4.78, 5) is 3.88. The largest absolute Gasteiger partial charge is 0.411 e. The zero-order valence-corrected chi connectivity index (χ0v) is 8.74. The van der Waals surface area contributed by atoms with Gasteiger partial charge in [0.2, 0.25) is 0 Å². The van der Waals surface area contributed by atoms with Crippen LogP contribution in [0.2, 0.25) is 0 Å². The normalized spacial score (nSPS) is 14.1. The highest BCUT2D eigenvalue weighted by Crippen LogP contribution is 2.17. The average molecular weight is 238 g/mol. The van der Waals surface area contributed by atoms with Crippen molar-refractivity contribution in [2.45, 2.75) is 18.7 Å². The summed E-state index contributed by atoms with van der Waals surface area (Å²) in [5.41, 5.74) is 0. The maximum Gasteiger partial charge on any atom is 0.411 e. The van der Waals surface area contributed by atoms with Gasteiger partial charge in [0.1, 0.15) is 18.5 Å². The fourth-order valence-corrected chi connectivity index (χ4v) is 1.21. The van der Waals surface area contributed by atoms with Crippen LogP contribution in [-0.2, 0) is 11.8 Å². The van der Waals surface area contributed by atoms with Crippen LogP contribution in [0.1, 0.15) is 18.3 Å². The summed E-state index contributed by atoms with van der Waals surface area (Å²) in [6, 6.07) is 0. The lowest BCUT2D eigenvalue weighted by atomic mass is 10.2. The number of aromatic nitrogens is 2. The predicted molar refractivity (Wildman–Crippen MR) is 49.7 cm³/mol. The van der Waals surface area contributed by atoms with Gasteiger partial charge in [-0.15, -0.1) is 0 Å². The number of alkyl halides is 3. The minimum atomic E-state index is -4.33. The van der Waals surface area contributed by atoms with E-state index in [0.717, 1.165) is 0 Å². The van der Waals surface area contributed by atoms with Gasteiger partial charge in [0.25, 0.3) is 0 Å². The Kier molecular flexibility index (Phi) is 4.31. The Hall–Kier alpha value is -1.08. The van der Waals surface area contributed by atoms with Crippen LogP contribution in [0.5, 0.6) is 0 Å². The molecule has 1 N–H and O–H groups in total. The summed E-state index contributed by atoms with van der Waals surface area (Å²) < 4.78 is 41.1. The Morgan fingerprint density at radius 2 is 2.25 bits per heavy atom. The van der Waals surface area contributed by atoms with Gasteiger partial charge in [0.05, 0.1) is 0 Å². The minimum absolute atomic E-state index is 0.0843. The van der Waals surface area contributed by atoms with Crippen molar-refractivity contribution in [3.63, 3.8) is 0 Å². The first-order valence-corrected chi connectivity index (χ1v) is 4.70. The number of imidazole rings is 1. The third-order valence-corrected chi connectivity index (χ3v) is 1.96. The number of aryl methyl sites for hydroxylation is 1. The van der Waals surface area contributed by atoms with Crippen molar-refractivity contribution in [2.24, 2.45) is 7.05 Å². The van der Waals surface area contributed by atoms with E-state index in [1.54, 1.807) is 17.8 Å². The topological polar surface area (TPSA) is 47.3 Å². The first-order chi connectivity index (χ1) is 7.40. The molecule has 1 rings (SSSR count). The second-order valence-electron chi connectivity index (χ2n) is 3.37. The number of ether oxygens (including phenoxy) is 1. The number of hydrogen-bond donors (Lipinski definition) is 1. The molecule has 1 aromatic rings. The molecular formula is C9H13F3N2O2. The van der Waals surface area contributed by atoms with Gasteiger partial charge in [-0.25, -0.2) is 4.98 Å². The van der Waals surface area contributed by atoms with Crippen molar-refractivity contribution in [1.82, 2.24) is 9.55 Å². The molecule has 0 bridgehead atoms. The molecule has 16 heavy (non-hydrogen) atoms. The molecule has 92 valence electrons. The first-order valence-electron chi connectivity index (χ1n) is 4.70. The van der Waals surface area contributed by atoms with E-state index < -0.39 is 18.9 Å². The highest BCUT2D eigenvalue weighted by atomic mass is 19.4. The molecule has 4 nitrogen and oxygen atoms in total. The van der Waals surface area contributed by atoms with Crippen LogP contribution in [-0.4, -0.2) is 34.0 Å². The van der Waals surface area contributed by atoms with Gasteiger partial charge >= 0.3 is 6.18 Å².